The second kappa shape index (κ2) is 7.08. The molecule has 0 aromatic heterocycles. The lowest BCUT2D eigenvalue weighted by Gasteiger charge is -2.01. The number of carbonyl (C=O) groups is 1. The Morgan fingerprint density at radius 2 is 2.23 bits per heavy atom. The zero-order valence-corrected chi connectivity index (χ0v) is 7.30. The average molecular weight is 188 g/mol. The molecule has 0 aliphatic rings. The molecule has 6 nitrogen and oxygen atoms in total. The van der Waals surface area contributed by atoms with Gasteiger partial charge in [0.05, 0.1) is 5.71 Å². The zero-order chi connectivity index (χ0) is 10.1. The minimum absolute atomic E-state index is 0.0366. The Bertz CT molecular complexity index is 213. The van der Waals surface area contributed by atoms with Gasteiger partial charge in [0.1, 0.15) is 6.61 Å². The smallest absolute Gasteiger partial charge is 0.303 e. The van der Waals surface area contributed by atoms with Gasteiger partial charge in [-0.2, -0.15) is 0 Å². The normalized spacial score (nSPS) is 11.9. The molecule has 0 aliphatic carbocycles. The molecule has 0 bridgehead atoms. The molecule has 0 rings (SSSR count). The minimum atomic E-state index is -0.433. The van der Waals surface area contributed by atoms with Crippen molar-refractivity contribution in [2.75, 3.05) is 6.61 Å². The van der Waals surface area contributed by atoms with Crippen LogP contribution in [0.5, 0.6) is 0 Å². The van der Waals surface area contributed by atoms with E-state index in [0.717, 1.165) is 0 Å². The van der Waals surface area contributed by atoms with Gasteiger partial charge in [-0.05, 0) is 12.8 Å². The Kier molecular flexibility index (Phi) is 6.21. The topological polar surface area (TPSA) is 91.5 Å². The molecule has 0 aromatic rings. The summed E-state index contributed by atoms with van der Waals surface area (Å²) in [6.07, 6.45) is 2.07. The first-order chi connectivity index (χ1) is 6.20. The number of carbonyl (C=O) groups excluding carboxylic acids is 1. The maximum atomic E-state index is 10.4. The monoisotopic (exact) mass is 188 g/mol. The molecule has 74 valence electrons. The highest BCUT2D eigenvalue weighted by Crippen LogP contribution is 1.92. The summed E-state index contributed by atoms with van der Waals surface area (Å²) in [6.45, 7) is 1.23. The van der Waals surface area contributed by atoms with Gasteiger partial charge >= 0.3 is 5.97 Å². The van der Waals surface area contributed by atoms with E-state index in [2.05, 4.69) is 15.0 Å². The molecule has 6 heteroatoms. The molecular formula is C7H12N2O4. The Morgan fingerprint density at radius 3 is 2.69 bits per heavy atom. The van der Waals surface area contributed by atoms with E-state index in [0.29, 0.717) is 18.6 Å². The molecule has 0 unspecified atom stereocenters. The van der Waals surface area contributed by atoms with Gasteiger partial charge in [-0.25, -0.2) is 0 Å². The van der Waals surface area contributed by atoms with Crippen molar-refractivity contribution in [3.05, 3.63) is 0 Å². The number of hydrogen-bond acceptors (Lipinski definition) is 6. The number of nitrogens with zero attached hydrogens (tertiary/aromatic N) is 2. The zero-order valence-electron chi connectivity index (χ0n) is 7.30. The molecule has 0 atom stereocenters. The van der Waals surface area contributed by atoms with Crippen LogP contribution in [0.1, 0.15) is 19.8 Å². The molecule has 0 aliphatic heterocycles. The summed E-state index contributed by atoms with van der Waals surface area (Å²) < 4.78 is 4.59. The van der Waals surface area contributed by atoms with Gasteiger partial charge in [-0.1, -0.05) is 5.16 Å². The van der Waals surface area contributed by atoms with E-state index in [1.165, 1.54) is 13.1 Å². The van der Waals surface area contributed by atoms with E-state index >= 15 is 0 Å². The average Bonchev–Trinajstić information content (AvgIpc) is 2.10. The highest BCUT2D eigenvalue weighted by molar-refractivity contribution is 5.88. The summed E-state index contributed by atoms with van der Waals surface area (Å²) in [5.41, 5.74) is 0.329. The SMILES string of the molecule is CC(=O)OC/C(CC/C=N/O)=N/O. The van der Waals surface area contributed by atoms with Gasteiger partial charge in [-0.3, -0.25) is 4.79 Å². The van der Waals surface area contributed by atoms with Gasteiger partial charge < -0.3 is 15.2 Å². The van der Waals surface area contributed by atoms with Crippen LogP contribution in [0.25, 0.3) is 0 Å². The van der Waals surface area contributed by atoms with Crippen LogP contribution in [0.2, 0.25) is 0 Å². The third-order valence-corrected chi connectivity index (χ3v) is 1.23. The summed E-state index contributed by atoms with van der Waals surface area (Å²) in [7, 11) is 0. The van der Waals surface area contributed by atoms with Crippen LogP contribution in [-0.2, 0) is 9.53 Å². The molecule has 0 saturated carbocycles. The fourth-order valence-corrected chi connectivity index (χ4v) is 0.625. The second-order valence-corrected chi connectivity index (χ2v) is 2.28. The van der Waals surface area contributed by atoms with E-state index < -0.39 is 5.97 Å². The van der Waals surface area contributed by atoms with Crippen molar-refractivity contribution in [3.8, 4) is 0 Å². The van der Waals surface area contributed by atoms with Crippen molar-refractivity contribution in [1.29, 1.82) is 0 Å². The standard InChI is InChI=1S/C7H12N2O4/c1-6(10)13-5-7(9-12)3-2-4-8-11/h4,11-12H,2-3,5H2,1H3/b8-4+,9-7+. The van der Waals surface area contributed by atoms with Crippen molar-refractivity contribution < 1.29 is 19.9 Å². The molecule has 13 heavy (non-hydrogen) atoms. The highest BCUT2D eigenvalue weighted by atomic mass is 16.5. The number of esters is 1. The lowest BCUT2D eigenvalue weighted by Crippen LogP contribution is -2.12. The van der Waals surface area contributed by atoms with E-state index in [-0.39, 0.29) is 6.61 Å². The molecule has 0 amide bonds. The summed E-state index contributed by atoms with van der Waals surface area (Å²) in [5.74, 6) is -0.433. The number of hydrogen-bond donors (Lipinski definition) is 2. The van der Waals surface area contributed by atoms with Crippen molar-refractivity contribution in [1.82, 2.24) is 0 Å². The summed E-state index contributed by atoms with van der Waals surface area (Å²) in [4.78, 5) is 10.4. The largest absolute Gasteiger partial charge is 0.460 e. The predicted molar refractivity (Wildman–Crippen MR) is 45.4 cm³/mol. The Morgan fingerprint density at radius 1 is 1.54 bits per heavy atom. The molecule has 2 N–H and O–H groups in total. The fraction of sp³-hybridized carbons (Fsp3) is 0.571. The third-order valence-electron chi connectivity index (χ3n) is 1.23. The minimum Gasteiger partial charge on any atom is -0.460 e. The summed E-state index contributed by atoms with van der Waals surface area (Å²) in [6, 6.07) is 0. The molecule has 0 spiro atoms. The van der Waals surface area contributed by atoms with Gasteiger partial charge in [0, 0.05) is 13.1 Å². The van der Waals surface area contributed by atoms with E-state index in [1.807, 2.05) is 0 Å². The highest BCUT2D eigenvalue weighted by Gasteiger charge is 2.01. The van der Waals surface area contributed by atoms with Crippen LogP contribution >= 0.6 is 0 Å². The molecule has 0 fully saturated rings. The Balaban J connectivity index is 3.71. The van der Waals surface area contributed by atoms with E-state index in [9.17, 15) is 4.79 Å². The Hall–Kier alpha value is -1.59. The maximum Gasteiger partial charge on any atom is 0.303 e. The van der Waals surface area contributed by atoms with E-state index in [1.54, 1.807) is 0 Å². The second-order valence-electron chi connectivity index (χ2n) is 2.28. The Labute approximate surface area is 75.5 Å². The molecule has 0 aromatic carbocycles. The number of oxime groups is 2. The third kappa shape index (κ3) is 6.79. The molecule has 0 radical (unpaired) electrons. The maximum absolute atomic E-state index is 10.4. The van der Waals surface area contributed by atoms with Gasteiger partial charge in [0.25, 0.3) is 0 Å². The van der Waals surface area contributed by atoms with Crippen LogP contribution in [0.15, 0.2) is 10.3 Å². The molecule has 0 saturated heterocycles. The first-order valence-electron chi connectivity index (χ1n) is 3.69. The number of ether oxygens (including phenoxy) is 1. The van der Waals surface area contributed by atoms with Crippen LogP contribution in [0, 0.1) is 0 Å². The van der Waals surface area contributed by atoms with Gasteiger partial charge in [0.2, 0.25) is 0 Å². The summed E-state index contributed by atoms with van der Waals surface area (Å²) in [5, 5.41) is 22.2. The summed E-state index contributed by atoms with van der Waals surface area (Å²) >= 11 is 0. The van der Waals surface area contributed by atoms with Crippen molar-refractivity contribution >= 4 is 17.9 Å². The van der Waals surface area contributed by atoms with Crippen LogP contribution in [0.3, 0.4) is 0 Å². The first-order valence-corrected chi connectivity index (χ1v) is 3.69. The lowest BCUT2D eigenvalue weighted by atomic mass is 10.2. The van der Waals surface area contributed by atoms with Crippen LogP contribution in [0.4, 0.5) is 0 Å². The lowest BCUT2D eigenvalue weighted by molar-refractivity contribution is -0.139. The predicted octanol–water partition coefficient (Wildman–Crippen LogP) is 0.620. The van der Waals surface area contributed by atoms with Crippen molar-refractivity contribution in [3.63, 3.8) is 0 Å². The fourth-order valence-electron chi connectivity index (χ4n) is 0.625. The molecule has 0 heterocycles. The number of rotatable bonds is 5. The molecular weight excluding hydrogens is 176 g/mol. The van der Waals surface area contributed by atoms with E-state index in [4.69, 9.17) is 10.4 Å². The quantitative estimate of drug-likeness (QED) is 0.286. The van der Waals surface area contributed by atoms with Crippen molar-refractivity contribution in [2.45, 2.75) is 19.8 Å². The van der Waals surface area contributed by atoms with Gasteiger partial charge in [-0.15, -0.1) is 5.16 Å². The van der Waals surface area contributed by atoms with Gasteiger partial charge in [0.15, 0.2) is 0 Å². The van der Waals surface area contributed by atoms with Crippen LogP contribution < -0.4 is 0 Å². The van der Waals surface area contributed by atoms with Crippen LogP contribution in [-0.4, -0.2) is 34.9 Å². The first kappa shape index (κ1) is 11.4. The van der Waals surface area contributed by atoms with Crippen molar-refractivity contribution in [2.24, 2.45) is 10.3 Å².